The minimum atomic E-state index is -2.40. The van der Waals surface area contributed by atoms with Gasteiger partial charge in [-0.25, -0.2) is 0 Å². The summed E-state index contributed by atoms with van der Waals surface area (Å²) in [4.78, 5) is 15.3. The summed E-state index contributed by atoms with van der Waals surface area (Å²) in [7, 11) is 0. The van der Waals surface area contributed by atoms with Crippen molar-refractivity contribution in [2.24, 2.45) is 0 Å². The number of rotatable bonds is 5. The van der Waals surface area contributed by atoms with Crippen molar-refractivity contribution in [1.29, 1.82) is 0 Å². The number of nitrogens with zero attached hydrogens (tertiary/aromatic N) is 5. The number of benzene rings is 4. The number of fused-ring (bicyclic) bond motifs is 9. The van der Waals surface area contributed by atoms with Crippen LogP contribution in [0.3, 0.4) is 0 Å². The zero-order valence-electron chi connectivity index (χ0n) is 27.4. The van der Waals surface area contributed by atoms with Crippen molar-refractivity contribution in [3.63, 3.8) is 0 Å². The Morgan fingerprint density at radius 3 is 2.04 bits per heavy atom. The van der Waals surface area contributed by atoms with Gasteiger partial charge in [0.2, 0.25) is 0 Å². The van der Waals surface area contributed by atoms with Gasteiger partial charge in [0.05, 0.1) is 0 Å². The number of hydrogen-bond acceptors (Lipinski definition) is 5. The van der Waals surface area contributed by atoms with Gasteiger partial charge >= 0.3 is 283 Å². The summed E-state index contributed by atoms with van der Waals surface area (Å²) in [6.45, 7) is 0. The molecule has 0 aliphatic rings. The molecule has 0 amide bonds. The van der Waals surface area contributed by atoms with Crippen LogP contribution in [0.15, 0.2) is 162 Å². The molecule has 9 heteroatoms. The molecule has 0 atom stereocenters. The van der Waals surface area contributed by atoms with Gasteiger partial charge in [-0.05, 0) is 6.07 Å². The number of aromatic nitrogens is 5. The molecule has 2 radical (unpaired) electrons. The van der Waals surface area contributed by atoms with Crippen LogP contribution in [0, 0.1) is 0 Å². The normalized spacial score (nSPS) is 11.9. The second-order valence-electron chi connectivity index (χ2n) is 12.7. The van der Waals surface area contributed by atoms with Crippen molar-refractivity contribution in [1.82, 2.24) is 23.0 Å². The van der Waals surface area contributed by atoms with Gasteiger partial charge in [-0.15, -0.1) is 0 Å². The summed E-state index contributed by atoms with van der Waals surface area (Å²) < 4.78 is 16.3. The Hall–Kier alpha value is -5.52. The third-order valence-corrected chi connectivity index (χ3v) is 16.5. The van der Waals surface area contributed by atoms with Crippen molar-refractivity contribution < 1.29 is 21.2 Å². The SMILES string of the molecule is [Co].c1cc[c]([Ge]([c]2ccccc2)[n]2c3ccccc3c3sc4cc5c6ccccc6n(-c6coc7ccc(-c8ccccn8)nc67)c5nc4c32)cc1. The minimum absolute atomic E-state index is 0. The monoisotopic (exact) mass is 793 g/mol. The maximum atomic E-state index is 6.17. The molecule has 0 spiro atoms. The predicted molar refractivity (Wildman–Crippen MR) is 211 cm³/mol. The van der Waals surface area contributed by atoms with Crippen LogP contribution >= 0.6 is 11.3 Å². The predicted octanol–water partition coefficient (Wildman–Crippen LogP) is 9.36. The Balaban J connectivity index is 0.00000338. The Morgan fingerprint density at radius 1 is 0.596 bits per heavy atom. The molecule has 7 aromatic heterocycles. The van der Waals surface area contributed by atoms with Crippen molar-refractivity contribution in [2.45, 2.75) is 0 Å². The first kappa shape index (κ1) is 31.2. The fourth-order valence-electron chi connectivity index (χ4n) is 7.56. The first-order valence-corrected chi connectivity index (χ1v) is 20.7. The summed E-state index contributed by atoms with van der Waals surface area (Å²) in [6.07, 6.45) is 3.61. The number of furan rings is 1. The molecule has 7 heterocycles. The molecule has 11 aromatic rings. The van der Waals surface area contributed by atoms with Gasteiger partial charge in [0.15, 0.2) is 0 Å². The van der Waals surface area contributed by atoms with Crippen LogP contribution in [0.5, 0.6) is 0 Å². The molecule has 0 aliphatic heterocycles. The Morgan fingerprint density at radius 2 is 1.29 bits per heavy atom. The van der Waals surface area contributed by atoms with Crippen molar-refractivity contribution in [3.05, 3.63) is 158 Å². The molecule has 0 aliphatic carbocycles. The summed E-state index contributed by atoms with van der Waals surface area (Å²) in [5, 5.41) is 3.53. The molecule has 52 heavy (non-hydrogen) atoms. The van der Waals surface area contributed by atoms with Crippen LogP contribution in [0.25, 0.3) is 81.4 Å². The van der Waals surface area contributed by atoms with Gasteiger partial charge in [0.25, 0.3) is 0 Å². The van der Waals surface area contributed by atoms with Crippen LogP contribution in [-0.2, 0) is 16.8 Å². The molecule has 0 unspecified atom stereocenters. The molecule has 0 saturated carbocycles. The zero-order chi connectivity index (χ0) is 33.5. The van der Waals surface area contributed by atoms with Gasteiger partial charge in [-0.2, -0.15) is 0 Å². The van der Waals surface area contributed by atoms with Gasteiger partial charge < -0.3 is 0 Å². The topological polar surface area (TPSA) is 61.7 Å². The van der Waals surface area contributed by atoms with E-state index in [1.165, 1.54) is 34.6 Å². The molecule has 0 N–H and O–H groups in total. The molecule has 4 aromatic carbocycles. The van der Waals surface area contributed by atoms with Crippen LogP contribution in [0.1, 0.15) is 0 Å². The van der Waals surface area contributed by atoms with Gasteiger partial charge in [-0.3, -0.25) is 0 Å². The fourth-order valence-corrected chi connectivity index (χ4v) is 14.7. The van der Waals surface area contributed by atoms with E-state index in [1.54, 1.807) is 6.20 Å². The van der Waals surface area contributed by atoms with E-state index in [-0.39, 0.29) is 16.8 Å². The van der Waals surface area contributed by atoms with Crippen LogP contribution < -0.4 is 8.79 Å². The van der Waals surface area contributed by atoms with E-state index >= 15 is 0 Å². The second-order valence-corrected chi connectivity index (χ2v) is 18.5. The second kappa shape index (κ2) is 12.3. The van der Waals surface area contributed by atoms with Gasteiger partial charge in [-0.1, -0.05) is 6.07 Å². The summed E-state index contributed by atoms with van der Waals surface area (Å²) >= 11 is -0.554. The van der Waals surface area contributed by atoms with E-state index in [9.17, 15) is 0 Å². The van der Waals surface area contributed by atoms with Crippen LogP contribution in [0.4, 0.5) is 0 Å². The Bertz CT molecular complexity index is 3060. The van der Waals surface area contributed by atoms with Crippen molar-refractivity contribution in [3.8, 4) is 17.1 Å². The zero-order valence-corrected chi connectivity index (χ0v) is 31.4. The third-order valence-electron chi connectivity index (χ3n) is 9.76. The summed E-state index contributed by atoms with van der Waals surface area (Å²) in [5.41, 5.74) is 9.40. The van der Waals surface area contributed by atoms with E-state index in [4.69, 9.17) is 14.4 Å². The molecule has 0 bridgehead atoms. The number of hydrogen-bond donors (Lipinski definition) is 0. The molecule has 6 nitrogen and oxygen atoms in total. The molecular weight excluding hydrogens is 766 g/mol. The maximum absolute atomic E-state index is 6.17. The first-order chi connectivity index (χ1) is 25.3. The fraction of sp³-hybridized carbons (Fsp3) is 0. The molecule has 0 fully saturated rings. The summed E-state index contributed by atoms with van der Waals surface area (Å²) in [6, 6.07) is 51.7. The standard InChI is InChI=1S/C43H26GeN5OS.Co/c1-3-13-27(14-4-1)44(28-15-5-2-6-16-28)49-35-21-10-8-18-30(35)42-41(49)40-38(51-42)25-31-29-17-7-9-20-34(29)48(43(31)47-40)36-26-50-37-23-22-33(46-39(36)37)32-19-11-12-24-45-32;/h1-26H;. The average Bonchev–Trinajstić information content (AvgIpc) is 3.94. The molecule has 11 rings (SSSR count). The van der Waals surface area contributed by atoms with Gasteiger partial charge in [0, 0.05) is 23.0 Å². The average molecular weight is 792 g/mol. The number of thiophene rings is 1. The van der Waals surface area contributed by atoms with Crippen molar-refractivity contribution >= 4 is 99.1 Å². The van der Waals surface area contributed by atoms with Crippen molar-refractivity contribution in [2.75, 3.05) is 0 Å². The number of pyridine rings is 3. The van der Waals surface area contributed by atoms with E-state index in [2.05, 4.69) is 128 Å². The van der Waals surface area contributed by atoms with Crippen LogP contribution in [0.2, 0.25) is 0 Å². The molecular formula is C43H26CoGeN5OS. The quantitative estimate of drug-likeness (QED) is 0.163. The van der Waals surface area contributed by atoms with Crippen LogP contribution in [-0.4, -0.2) is 37.6 Å². The van der Waals surface area contributed by atoms with E-state index in [1.807, 2.05) is 47.9 Å². The Labute approximate surface area is 316 Å². The van der Waals surface area contributed by atoms with E-state index < -0.39 is 14.6 Å². The van der Waals surface area contributed by atoms with Gasteiger partial charge in [0.1, 0.15) is 0 Å². The Kier molecular flexibility index (Phi) is 7.40. The molecule has 248 valence electrons. The molecule has 0 saturated heterocycles. The summed E-state index contributed by atoms with van der Waals surface area (Å²) in [5.74, 6) is 0. The van der Waals surface area contributed by atoms with E-state index in [0.29, 0.717) is 0 Å². The van der Waals surface area contributed by atoms with E-state index in [0.717, 1.165) is 55.6 Å². The third kappa shape index (κ3) is 4.65. The number of para-hydroxylation sites is 2. The first-order valence-electron chi connectivity index (χ1n) is 16.9.